The molecule has 1 fully saturated rings. The molecule has 3 aromatic rings. The standard InChI is InChI=1S/C24H32N6S.HI/c1-3-25-24(26-15-19-16-28-30(18-19)21-10-5-4-6-11-21)27-17-20-9-7-13-29(2)23(20)22-12-8-14-31-22;/h4-6,8,10-12,14,16,18,20,23H,3,7,9,13,15,17H2,1-2H3,(H2,25,26,27);1H. The molecule has 0 aliphatic carbocycles. The van der Waals surface area contributed by atoms with Crippen molar-refractivity contribution in [3.63, 3.8) is 0 Å². The van der Waals surface area contributed by atoms with Crippen LogP contribution in [0.2, 0.25) is 0 Å². The van der Waals surface area contributed by atoms with E-state index in [0.29, 0.717) is 18.5 Å². The predicted molar refractivity (Wildman–Crippen MR) is 144 cm³/mol. The molecule has 2 atom stereocenters. The molecule has 0 spiro atoms. The lowest BCUT2D eigenvalue weighted by molar-refractivity contribution is 0.125. The van der Waals surface area contributed by atoms with Crippen molar-refractivity contribution in [3.05, 3.63) is 70.7 Å². The largest absolute Gasteiger partial charge is 0.357 e. The fourth-order valence-corrected chi connectivity index (χ4v) is 5.27. The van der Waals surface area contributed by atoms with E-state index in [4.69, 9.17) is 4.99 Å². The number of piperidine rings is 1. The minimum atomic E-state index is 0. The molecule has 1 aliphatic heterocycles. The molecule has 3 heterocycles. The third-order valence-electron chi connectivity index (χ3n) is 5.79. The number of aliphatic imine (C=N–C) groups is 1. The van der Waals surface area contributed by atoms with Gasteiger partial charge in [-0.3, -0.25) is 4.90 Å². The number of benzene rings is 1. The summed E-state index contributed by atoms with van der Waals surface area (Å²) >= 11 is 1.86. The number of nitrogens with one attached hydrogen (secondary N) is 2. The van der Waals surface area contributed by atoms with Crippen molar-refractivity contribution in [1.82, 2.24) is 25.3 Å². The highest BCUT2D eigenvalue weighted by molar-refractivity contribution is 14.0. The van der Waals surface area contributed by atoms with Gasteiger partial charge in [-0.15, -0.1) is 35.3 Å². The number of aromatic nitrogens is 2. The molecule has 0 amide bonds. The van der Waals surface area contributed by atoms with Crippen molar-refractivity contribution in [2.24, 2.45) is 10.9 Å². The second-order valence-corrected chi connectivity index (χ2v) is 9.03. The first-order chi connectivity index (χ1) is 15.2. The Balaban J connectivity index is 0.00000289. The third-order valence-corrected chi connectivity index (χ3v) is 6.74. The summed E-state index contributed by atoms with van der Waals surface area (Å²) in [6.45, 7) is 5.63. The lowest BCUT2D eigenvalue weighted by Crippen LogP contribution is -2.44. The molecule has 0 bridgehead atoms. The normalized spacial score (nSPS) is 19.4. The Hall–Kier alpha value is -1.91. The number of halogens is 1. The molecule has 32 heavy (non-hydrogen) atoms. The summed E-state index contributed by atoms with van der Waals surface area (Å²) in [6, 6.07) is 15.1. The number of likely N-dealkylation sites (tertiary alicyclic amines) is 1. The van der Waals surface area contributed by atoms with E-state index in [1.54, 1.807) is 0 Å². The van der Waals surface area contributed by atoms with Crippen molar-refractivity contribution in [2.45, 2.75) is 32.4 Å². The maximum absolute atomic E-state index is 4.81. The summed E-state index contributed by atoms with van der Waals surface area (Å²) < 4.78 is 1.90. The fourth-order valence-electron chi connectivity index (χ4n) is 4.29. The highest BCUT2D eigenvalue weighted by Crippen LogP contribution is 2.36. The molecule has 4 rings (SSSR count). The molecule has 0 radical (unpaired) electrons. The van der Waals surface area contributed by atoms with Crippen LogP contribution in [0.1, 0.15) is 36.2 Å². The van der Waals surface area contributed by atoms with E-state index in [2.05, 4.69) is 64.2 Å². The van der Waals surface area contributed by atoms with Gasteiger partial charge in [0.25, 0.3) is 0 Å². The SMILES string of the molecule is CCNC(=NCc1cnn(-c2ccccc2)c1)NCC1CCCN(C)C1c1cccs1.I. The van der Waals surface area contributed by atoms with Gasteiger partial charge in [0.2, 0.25) is 0 Å². The van der Waals surface area contributed by atoms with Crippen LogP contribution in [0.5, 0.6) is 0 Å². The number of hydrogen-bond acceptors (Lipinski definition) is 4. The van der Waals surface area contributed by atoms with Gasteiger partial charge in [0.15, 0.2) is 5.96 Å². The third kappa shape index (κ3) is 6.32. The molecule has 6 nitrogen and oxygen atoms in total. The van der Waals surface area contributed by atoms with Crippen molar-refractivity contribution < 1.29 is 0 Å². The van der Waals surface area contributed by atoms with Crippen LogP contribution < -0.4 is 10.6 Å². The Bertz CT molecular complexity index is 956. The summed E-state index contributed by atoms with van der Waals surface area (Å²) in [5.74, 6) is 1.44. The van der Waals surface area contributed by atoms with Crippen LogP contribution in [0.4, 0.5) is 0 Å². The Labute approximate surface area is 212 Å². The highest BCUT2D eigenvalue weighted by Gasteiger charge is 2.31. The first-order valence-electron chi connectivity index (χ1n) is 11.1. The summed E-state index contributed by atoms with van der Waals surface area (Å²) in [6.07, 6.45) is 6.43. The molecule has 1 aliphatic rings. The lowest BCUT2D eigenvalue weighted by Gasteiger charge is -2.39. The van der Waals surface area contributed by atoms with E-state index in [0.717, 1.165) is 30.3 Å². The minimum Gasteiger partial charge on any atom is -0.357 e. The number of para-hydroxylation sites is 1. The quantitative estimate of drug-likeness (QED) is 0.249. The van der Waals surface area contributed by atoms with E-state index < -0.39 is 0 Å². The molecule has 0 saturated carbocycles. The van der Waals surface area contributed by atoms with E-state index >= 15 is 0 Å². The van der Waals surface area contributed by atoms with Crippen LogP contribution in [0.15, 0.2) is 65.2 Å². The van der Waals surface area contributed by atoms with Gasteiger partial charge in [-0.05, 0) is 62.9 Å². The molecular weight excluding hydrogens is 531 g/mol. The van der Waals surface area contributed by atoms with Crippen LogP contribution in [0, 0.1) is 5.92 Å². The van der Waals surface area contributed by atoms with Gasteiger partial charge in [-0.2, -0.15) is 5.10 Å². The summed E-state index contributed by atoms with van der Waals surface area (Å²) in [5.41, 5.74) is 2.15. The molecular formula is C24H33IN6S. The fraction of sp³-hybridized carbons (Fsp3) is 0.417. The maximum Gasteiger partial charge on any atom is 0.191 e. The zero-order valence-electron chi connectivity index (χ0n) is 18.8. The molecule has 8 heteroatoms. The Morgan fingerprint density at radius 1 is 1.19 bits per heavy atom. The zero-order chi connectivity index (χ0) is 21.5. The van der Waals surface area contributed by atoms with Crippen molar-refractivity contribution in [3.8, 4) is 5.69 Å². The van der Waals surface area contributed by atoms with Crippen molar-refractivity contribution >= 4 is 41.3 Å². The number of thiophene rings is 1. The molecule has 2 unspecified atom stereocenters. The highest BCUT2D eigenvalue weighted by atomic mass is 127. The summed E-state index contributed by atoms with van der Waals surface area (Å²) in [7, 11) is 2.25. The Kier molecular flexibility index (Phi) is 9.55. The van der Waals surface area contributed by atoms with E-state index in [9.17, 15) is 0 Å². The molecule has 172 valence electrons. The molecule has 2 N–H and O–H groups in total. The first-order valence-corrected chi connectivity index (χ1v) is 12.0. The van der Waals surface area contributed by atoms with E-state index in [1.807, 2.05) is 46.6 Å². The number of guanidine groups is 1. The summed E-state index contributed by atoms with van der Waals surface area (Å²) in [5, 5.41) is 13.7. The van der Waals surface area contributed by atoms with Crippen LogP contribution in [-0.2, 0) is 6.54 Å². The second-order valence-electron chi connectivity index (χ2n) is 8.05. The number of hydrogen-bond donors (Lipinski definition) is 2. The van der Waals surface area contributed by atoms with Gasteiger partial charge in [-0.25, -0.2) is 9.67 Å². The van der Waals surface area contributed by atoms with Crippen LogP contribution in [0.3, 0.4) is 0 Å². The molecule has 2 aromatic heterocycles. The van der Waals surface area contributed by atoms with E-state index in [1.165, 1.54) is 24.3 Å². The van der Waals surface area contributed by atoms with Gasteiger partial charge in [0.05, 0.1) is 18.4 Å². The first kappa shape index (κ1) is 24.7. The van der Waals surface area contributed by atoms with Gasteiger partial charge < -0.3 is 10.6 Å². The van der Waals surface area contributed by atoms with Gasteiger partial charge in [0.1, 0.15) is 0 Å². The maximum atomic E-state index is 4.81. The van der Waals surface area contributed by atoms with Crippen LogP contribution >= 0.6 is 35.3 Å². The predicted octanol–water partition coefficient (Wildman–Crippen LogP) is 4.69. The smallest absolute Gasteiger partial charge is 0.191 e. The Morgan fingerprint density at radius 2 is 2.03 bits per heavy atom. The Morgan fingerprint density at radius 3 is 2.78 bits per heavy atom. The molecule has 1 saturated heterocycles. The van der Waals surface area contributed by atoms with Gasteiger partial charge >= 0.3 is 0 Å². The number of nitrogens with zero attached hydrogens (tertiary/aromatic N) is 4. The van der Waals surface area contributed by atoms with Crippen LogP contribution in [0.25, 0.3) is 5.69 Å². The van der Waals surface area contributed by atoms with Crippen molar-refractivity contribution in [2.75, 3.05) is 26.7 Å². The van der Waals surface area contributed by atoms with Gasteiger partial charge in [-0.1, -0.05) is 24.3 Å². The minimum absolute atomic E-state index is 0. The zero-order valence-corrected chi connectivity index (χ0v) is 21.9. The monoisotopic (exact) mass is 564 g/mol. The average molecular weight is 565 g/mol. The number of rotatable bonds is 7. The lowest BCUT2D eigenvalue weighted by atomic mass is 9.88. The topological polar surface area (TPSA) is 57.5 Å². The van der Waals surface area contributed by atoms with Crippen molar-refractivity contribution in [1.29, 1.82) is 0 Å². The molecule has 1 aromatic carbocycles. The van der Waals surface area contributed by atoms with Crippen LogP contribution in [-0.4, -0.2) is 47.3 Å². The van der Waals surface area contributed by atoms with E-state index in [-0.39, 0.29) is 24.0 Å². The summed E-state index contributed by atoms with van der Waals surface area (Å²) in [4.78, 5) is 8.78. The average Bonchev–Trinajstić information content (AvgIpc) is 3.49. The van der Waals surface area contributed by atoms with Gasteiger partial charge in [0, 0.05) is 35.8 Å². The second kappa shape index (κ2) is 12.4.